The van der Waals surface area contributed by atoms with E-state index in [0.717, 1.165) is 0 Å². The summed E-state index contributed by atoms with van der Waals surface area (Å²) >= 11 is 9.01. The minimum atomic E-state index is -0.240. The van der Waals surface area contributed by atoms with Crippen molar-refractivity contribution in [1.82, 2.24) is 4.57 Å². The van der Waals surface area contributed by atoms with E-state index in [1.807, 2.05) is 0 Å². The van der Waals surface area contributed by atoms with Gasteiger partial charge in [-0.05, 0) is 46.3 Å². The third-order valence-corrected chi connectivity index (χ3v) is 3.68. The summed E-state index contributed by atoms with van der Waals surface area (Å²) in [4.78, 5) is 23.7. The number of nitrogen functional groups attached to an aromatic ring is 1. The van der Waals surface area contributed by atoms with Gasteiger partial charge in [0, 0.05) is 24.2 Å². The third kappa shape index (κ3) is 4.09. The summed E-state index contributed by atoms with van der Waals surface area (Å²) < 4.78 is 1.93. The zero-order valence-corrected chi connectivity index (χ0v) is 13.3. The van der Waals surface area contributed by atoms with E-state index < -0.39 is 0 Å². The molecule has 0 spiro atoms. The molecule has 0 unspecified atom stereocenters. The van der Waals surface area contributed by atoms with Gasteiger partial charge in [0.15, 0.2) is 0 Å². The second-order valence-corrected chi connectivity index (χ2v) is 5.68. The Morgan fingerprint density at radius 1 is 1.38 bits per heavy atom. The molecule has 2 aromatic rings. The lowest BCUT2D eigenvalue weighted by Crippen LogP contribution is -2.23. The lowest BCUT2D eigenvalue weighted by atomic mass is 10.2. The highest BCUT2D eigenvalue weighted by atomic mass is 79.9. The first-order valence-electron chi connectivity index (χ1n) is 6.17. The fourth-order valence-electron chi connectivity index (χ4n) is 1.76. The van der Waals surface area contributed by atoms with Gasteiger partial charge in [0.05, 0.1) is 15.8 Å². The maximum absolute atomic E-state index is 11.9. The maximum atomic E-state index is 11.9. The zero-order chi connectivity index (χ0) is 15.4. The van der Waals surface area contributed by atoms with E-state index >= 15 is 0 Å². The second kappa shape index (κ2) is 6.78. The molecule has 7 heteroatoms. The molecular formula is C14H13BrClN3O2. The molecule has 0 saturated carbocycles. The van der Waals surface area contributed by atoms with Crippen LogP contribution < -0.4 is 16.6 Å². The van der Waals surface area contributed by atoms with E-state index in [2.05, 4.69) is 21.2 Å². The summed E-state index contributed by atoms with van der Waals surface area (Å²) in [5.41, 5.74) is 6.48. The first kappa shape index (κ1) is 15.6. The van der Waals surface area contributed by atoms with Gasteiger partial charge in [-0.15, -0.1) is 0 Å². The standard InChI is InChI=1S/C14H13BrClN3O2/c15-10-2-1-6-19(14(10)21)7-5-13(20)18-12-8-9(16)3-4-11(12)17/h1-4,6,8H,5,7,17H2,(H,18,20). The Hall–Kier alpha value is -1.79. The minimum absolute atomic E-state index is 0.155. The van der Waals surface area contributed by atoms with Gasteiger partial charge in [0.25, 0.3) is 5.56 Å². The summed E-state index contributed by atoms with van der Waals surface area (Å²) in [6, 6.07) is 8.24. The molecule has 0 aliphatic rings. The SMILES string of the molecule is Nc1ccc(Cl)cc1NC(=O)CCn1cccc(Br)c1=O. The Morgan fingerprint density at radius 3 is 2.90 bits per heavy atom. The van der Waals surface area contributed by atoms with E-state index in [-0.39, 0.29) is 24.4 Å². The summed E-state index contributed by atoms with van der Waals surface area (Å²) in [5.74, 6) is -0.240. The van der Waals surface area contributed by atoms with Crippen LogP contribution in [0, 0.1) is 0 Å². The topological polar surface area (TPSA) is 77.1 Å². The van der Waals surface area contributed by atoms with Gasteiger partial charge in [-0.2, -0.15) is 0 Å². The van der Waals surface area contributed by atoms with Crippen molar-refractivity contribution in [2.75, 3.05) is 11.1 Å². The van der Waals surface area contributed by atoms with Gasteiger partial charge in [-0.25, -0.2) is 0 Å². The van der Waals surface area contributed by atoms with Crippen LogP contribution in [0.1, 0.15) is 6.42 Å². The average Bonchev–Trinajstić information content (AvgIpc) is 2.44. The van der Waals surface area contributed by atoms with Crippen LogP contribution >= 0.6 is 27.5 Å². The number of nitrogens with two attached hydrogens (primary N) is 1. The number of carbonyl (C=O) groups excluding carboxylic acids is 1. The second-order valence-electron chi connectivity index (χ2n) is 4.38. The summed E-state index contributed by atoms with van der Waals surface area (Å²) in [7, 11) is 0. The van der Waals surface area contributed by atoms with Crippen LogP contribution in [-0.2, 0) is 11.3 Å². The largest absolute Gasteiger partial charge is 0.397 e. The van der Waals surface area contributed by atoms with Crippen LogP contribution in [0.4, 0.5) is 11.4 Å². The molecule has 1 aromatic carbocycles. The quantitative estimate of drug-likeness (QED) is 0.812. The lowest BCUT2D eigenvalue weighted by Gasteiger charge is -2.09. The molecule has 0 saturated heterocycles. The van der Waals surface area contributed by atoms with Crippen molar-refractivity contribution in [3.05, 3.63) is 56.4 Å². The van der Waals surface area contributed by atoms with Crippen molar-refractivity contribution in [3.63, 3.8) is 0 Å². The first-order chi connectivity index (χ1) is 9.97. The van der Waals surface area contributed by atoms with Gasteiger partial charge < -0.3 is 15.6 Å². The van der Waals surface area contributed by atoms with Gasteiger partial charge in [-0.3, -0.25) is 9.59 Å². The molecule has 2 rings (SSSR count). The van der Waals surface area contributed by atoms with Crippen LogP contribution in [0.3, 0.4) is 0 Å². The number of pyridine rings is 1. The normalized spacial score (nSPS) is 10.4. The highest BCUT2D eigenvalue weighted by Crippen LogP contribution is 2.22. The van der Waals surface area contributed by atoms with Crippen molar-refractivity contribution in [2.24, 2.45) is 0 Å². The molecule has 1 aromatic heterocycles. The Labute approximate surface area is 134 Å². The number of amides is 1. The van der Waals surface area contributed by atoms with E-state index in [1.54, 1.807) is 36.5 Å². The average molecular weight is 371 g/mol. The zero-order valence-electron chi connectivity index (χ0n) is 11.0. The van der Waals surface area contributed by atoms with Crippen molar-refractivity contribution in [3.8, 4) is 0 Å². The minimum Gasteiger partial charge on any atom is -0.397 e. The number of halogens is 2. The molecule has 0 radical (unpaired) electrons. The summed E-state index contributed by atoms with van der Waals surface area (Å²) in [5, 5.41) is 3.17. The molecule has 0 fully saturated rings. The van der Waals surface area contributed by atoms with Crippen LogP contribution in [0.2, 0.25) is 5.02 Å². The Bertz CT molecular complexity index is 730. The number of carbonyl (C=O) groups is 1. The van der Waals surface area contributed by atoms with E-state index in [9.17, 15) is 9.59 Å². The Morgan fingerprint density at radius 2 is 2.14 bits per heavy atom. The molecular weight excluding hydrogens is 358 g/mol. The summed E-state index contributed by atoms with van der Waals surface area (Å²) in [6.07, 6.45) is 1.79. The van der Waals surface area contributed by atoms with E-state index in [4.69, 9.17) is 17.3 Å². The number of aromatic nitrogens is 1. The maximum Gasteiger partial charge on any atom is 0.264 e. The molecule has 5 nitrogen and oxygen atoms in total. The van der Waals surface area contributed by atoms with Gasteiger partial charge in [-0.1, -0.05) is 11.6 Å². The number of nitrogens with zero attached hydrogens (tertiary/aromatic N) is 1. The Balaban J connectivity index is 2.01. The molecule has 1 heterocycles. The van der Waals surface area contributed by atoms with Crippen LogP contribution in [0.5, 0.6) is 0 Å². The molecule has 0 aliphatic carbocycles. The highest BCUT2D eigenvalue weighted by molar-refractivity contribution is 9.10. The number of benzene rings is 1. The number of hydrogen-bond acceptors (Lipinski definition) is 3. The van der Waals surface area contributed by atoms with Crippen molar-refractivity contribution in [1.29, 1.82) is 0 Å². The Kier molecular flexibility index (Phi) is 5.03. The number of rotatable bonds is 4. The predicted octanol–water partition coefficient (Wildman–Crippen LogP) is 2.88. The summed E-state index contributed by atoms with van der Waals surface area (Å²) in [6.45, 7) is 0.282. The van der Waals surface area contributed by atoms with Crippen LogP contribution in [0.25, 0.3) is 0 Å². The molecule has 110 valence electrons. The monoisotopic (exact) mass is 369 g/mol. The molecule has 1 amide bonds. The van der Waals surface area contributed by atoms with Crippen molar-refractivity contribution < 1.29 is 4.79 Å². The molecule has 21 heavy (non-hydrogen) atoms. The van der Waals surface area contributed by atoms with Crippen LogP contribution in [-0.4, -0.2) is 10.5 Å². The fraction of sp³-hybridized carbons (Fsp3) is 0.143. The molecule has 3 N–H and O–H groups in total. The smallest absolute Gasteiger partial charge is 0.264 e. The number of nitrogens with one attached hydrogen (secondary N) is 1. The number of hydrogen-bond donors (Lipinski definition) is 2. The number of aryl methyl sites for hydroxylation is 1. The van der Waals surface area contributed by atoms with E-state index in [1.165, 1.54) is 4.57 Å². The van der Waals surface area contributed by atoms with E-state index in [0.29, 0.717) is 20.9 Å². The molecule has 0 aliphatic heterocycles. The van der Waals surface area contributed by atoms with Crippen LogP contribution in [0.15, 0.2) is 45.8 Å². The van der Waals surface area contributed by atoms with Gasteiger partial charge in [0.1, 0.15) is 0 Å². The third-order valence-electron chi connectivity index (χ3n) is 2.84. The lowest BCUT2D eigenvalue weighted by molar-refractivity contribution is -0.116. The highest BCUT2D eigenvalue weighted by Gasteiger charge is 2.07. The number of anilines is 2. The first-order valence-corrected chi connectivity index (χ1v) is 7.34. The molecule has 0 bridgehead atoms. The predicted molar refractivity (Wildman–Crippen MR) is 87.5 cm³/mol. The fourth-order valence-corrected chi connectivity index (χ4v) is 2.31. The van der Waals surface area contributed by atoms with Gasteiger partial charge in [0.2, 0.25) is 5.91 Å². The van der Waals surface area contributed by atoms with Crippen molar-refractivity contribution >= 4 is 44.8 Å². The molecule has 0 atom stereocenters. The van der Waals surface area contributed by atoms with Gasteiger partial charge >= 0.3 is 0 Å². The van der Waals surface area contributed by atoms with Crippen molar-refractivity contribution in [2.45, 2.75) is 13.0 Å².